The molecule has 1 fully saturated rings. The molecule has 18 heavy (non-hydrogen) atoms. The van der Waals surface area contributed by atoms with Gasteiger partial charge in [0.1, 0.15) is 0 Å². The number of hydrogen-bond acceptors (Lipinski definition) is 3. The molecule has 3 heteroatoms. The Bertz CT molecular complexity index is 213. The van der Waals surface area contributed by atoms with Gasteiger partial charge in [0.05, 0.1) is 0 Å². The van der Waals surface area contributed by atoms with E-state index in [2.05, 4.69) is 37.2 Å². The maximum Gasteiger partial charge on any atom is 0.0243 e. The van der Waals surface area contributed by atoms with Crippen LogP contribution in [0.4, 0.5) is 0 Å². The van der Waals surface area contributed by atoms with E-state index in [1.807, 2.05) is 11.8 Å². The summed E-state index contributed by atoms with van der Waals surface area (Å²) in [5, 5.41) is 3.72. The fourth-order valence-electron chi connectivity index (χ4n) is 2.53. The van der Waals surface area contributed by atoms with E-state index in [1.54, 1.807) is 0 Å². The number of nitrogens with zero attached hydrogens (tertiary/aromatic N) is 1. The van der Waals surface area contributed by atoms with Crippen molar-refractivity contribution in [2.45, 2.75) is 52.5 Å². The molecule has 1 aliphatic heterocycles. The second-order valence-corrected chi connectivity index (χ2v) is 7.57. The third-order valence-corrected chi connectivity index (χ3v) is 4.55. The molecule has 0 amide bonds. The molecule has 1 rings (SSSR count). The smallest absolute Gasteiger partial charge is 0.0243 e. The van der Waals surface area contributed by atoms with Gasteiger partial charge in [-0.2, -0.15) is 11.8 Å². The van der Waals surface area contributed by atoms with Crippen LogP contribution in [0.5, 0.6) is 0 Å². The van der Waals surface area contributed by atoms with E-state index in [4.69, 9.17) is 0 Å². The normalized spacial score (nSPS) is 23.0. The summed E-state index contributed by atoms with van der Waals surface area (Å²) in [6, 6.07) is 0.645. The van der Waals surface area contributed by atoms with E-state index in [0.29, 0.717) is 11.5 Å². The van der Waals surface area contributed by atoms with E-state index in [-0.39, 0.29) is 0 Å². The molecule has 1 unspecified atom stereocenters. The highest BCUT2D eigenvalue weighted by molar-refractivity contribution is 7.98. The molecular formula is C15H32N2S. The van der Waals surface area contributed by atoms with E-state index in [0.717, 1.165) is 0 Å². The van der Waals surface area contributed by atoms with E-state index >= 15 is 0 Å². The van der Waals surface area contributed by atoms with Crippen LogP contribution >= 0.6 is 11.8 Å². The van der Waals surface area contributed by atoms with Gasteiger partial charge in [0.25, 0.3) is 0 Å². The minimum atomic E-state index is 0.376. The molecule has 1 N–H and O–H groups in total. The summed E-state index contributed by atoms with van der Waals surface area (Å²) in [6.07, 6.45) is 7.66. The molecule has 0 aliphatic carbocycles. The lowest BCUT2D eigenvalue weighted by molar-refractivity contribution is 0.195. The van der Waals surface area contributed by atoms with Crippen LogP contribution in [-0.4, -0.2) is 49.1 Å². The van der Waals surface area contributed by atoms with Gasteiger partial charge in [-0.1, -0.05) is 27.2 Å². The van der Waals surface area contributed by atoms with Gasteiger partial charge in [0.15, 0.2) is 0 Å². The van der Waals surface area contributed by atoms with Crippen LogP contribution in [0.1, 0.15) is 46.5 Å². The Hall–Kier alpha value is 0.270. The Morgan fingerprint density at radius 3 is 2.67 bits per heavy atom. The predicted molar refractivity (Wildman–Crippen MR) is 84.5 cm³/mol. The summed E-state index contributed by atoms with van der Waals surface area (Å²) in [5.74, 6) is 1.33. The van der Waals surface area contributed by atoms with Gasteiger partial charge in [-0.25, -0.2) is 0 Å². The minimum Gasteiger partial charge on any atom is -0.312 e. The van der Waals surface area contributed by atoms with Gasteiger partial charge in [0.2, 0.25) is 0 Å². The SMILES string of the molecule is CSCCCCCN1CCCNC(C(C)(C)C)C1. The summed E-state index contributed by atoms with van der Waals surface area (Å²) in [6.45, 7) is 12.0. The lowest BCUT2D eigenvalue weighted by Gasteiger charge is -2.33. The summed E-state index contributed by atoms with van der Waals surface area (Å²) in [5.41, 5.74) is 0.376. The van der Waals surface area contributed by atoms with Gasteiger partial charge < -0.3 is 10.2 Å². The summed E-state index contributed by atoms with van der Waals surface area (Å²) in [4.78, 5) is 2.68. The number of nitrogens with one attached hydrogen (secondary N) is 1. The zero-order chi connectivity index (χ0) is 13.4. The standard InChI is InChI=1S/C15H32N2S/c1-15(2,3)14-13-17(11-8-9-16-14)10-6-5-7-12-18-4/h14,16H,5-13H2,1-4H3. The van der Waals surface area contributed by atoms with Crippen LogP contribution in [0, 0.1) is 5.41 Å². The second kappa shape index (κ2) is 8.44. The van der Waals surface area contributed by atoms with Gasteiger partial charge in [-0.05, 0) is 56.3 Å². The fourth-order valence-corrected chi connectivity index (χ4v) is 3.03. The third kappa shape index (κ3) is 6.44. The van der Waals surface area contributed by atoms with Crippen molar-refractivity contribution in [3.8, 4) is 0 Å². The zero-order valence-electron chi connectivity index (χ0n) is 12.8. The molecule has 0 saturated carbocycles. The van der Waals surface area contributed by atoms with Crippen molar-refractivity contribution in [2.24, 2.45) is 5.41 Å². The van der Waals surface area contributed by atoms with Crippen LogP contribution in [0.3, 0.4) is 0 Å². The van der Waals surface area contributed by atoms with Crippen molar-refractivity contribution in [3.05, 3.63) is 0 Å². The highest BCUT2D eigenvalue weighted by Crippen LogP contribution is 2.21. The first-order chi connectivity index (χ1) is 8.54. The average molecular weight is 273 g/mol. The average Bonchev–Trinajstić information content (AvgIpc) is 2.54. The molecule has 2 nitrogen and oxygen atoms in total. The van der Waals surface area contributed by atoms with Crippen molar-refractivity contribution < 1.29 is 0 Å². The van der Waals surface area contributed by atoms with E-state index in [1.165, 1.54) is 57.6 Å². The molecule has 1 atom stereocenters. The van der Waals surface area contributed by atoms with Crippen LogP contribution < -0.4 is 5.32 Å². The monoisotopic (exact) mass is 272 g/mol. The topological polar surface area (TPSA) is 15.3 Å². The van der Waals surface area contributed by atoms with Crippen molar-refractivity contribution in [1.29, 1.82) is 0 Å². The molecule has 0 aromatic carbocycles. The Labute approximate surface area is 118 Å². The van der Waals surface area contributed by atoms with E-state index in [9.17, 15) is 0 Å². The highest BCUT2D eigenvalue weighted by Gasteiger charge is 2.27. The molecule has 0 aromatic heterocycles. The van der Waals surface area contributed by atoms with E-state index < -0.39 is 0 Å². The zero-order valence-corrected chi connectivity index (χ0v) is 13.6. The molecule has 0 radical (unpaired) electrons. The maximum atomic E-state index is 3.72. The van der Waals surface area contributed by atoms with Crippen molar-refractivity contribution in [2.75, 3.05) is 38.2 Å². The van der Waals surface area contributed by atoms with Crippen molar-refractivity contribution in [1.82, 2.24) is 10.2 Å². The quantitative estimate of drug-likeness (QED) is 0.747. The van der Waals surface area contributed by atoms with Crippen molar-refractivity contribution >= 4 is 11.8 Å². The Kier molecular flexibility index (Phi) is 7.66. The first-order valence-corrected chi connectivity index (χ1v) is 8.88. The predicted octanol–water partition coefficient (Wildman–Crippen LogP) is 3.23. The van der Waals surface area contributed by atoms with Crippen LogP contribution in [0.2, 0.25) is 0 Å². The molecule has 108 valence electrons. The molecule has 0 aromatic rings. The molecule has 0 bridgehead atoms. The third-order valence-electron chi connectivity index (χ3n) is 3.85. The lowest BCUT2D eigenvalue weighted by atomic mass is 9.86. The maximum absolute atomic E-state index is 3.72. The van der Waals surface area contributed by atoms with Crippen LogP contribution in [0.25, 0.3) is 0 Å². The first kappa shape index (κ1) is 16.3. The first-order valence-electron chi connectivity index (χ1n) is 7.48. The molecule has 1 aliphatic rings. The fraction of sp³-hybridized carbons (Fsp3) is 1.00. The Morgan fingerprint density at radius 1 is 1.22 bits per heavy atom. The van der Waals surface area contributed by atoms with Gasteiger partial charge in [-0.3, -0.25) is 0 Å². The molecular weight excluding hydrogens is 240 g/mol. The van der Waals surface area contributed by atoms with Gasteiger partial charge in [0, 0.05) is 12.6 Å². The number of rotatable bonds is 6. The molecule has 1 saturated heterocycles. The Morgan fingerprint density at radius 2 is 2.00 bits per heavy atom. The lowest BCUT2D eigenvalue weighted by Crippen LogP contribution is -2.46. The summed E-state index contributed by atoms with van der Waals surface area (Å²) in [7, 11) is 0. The van der Waals surface area contributed by atoms with Gasteiger partial charge >= 0.3 is 0 Å². The van der Waals surface area contributed by atoms with Crippen LogP contribution in [-0.2, 0) is 0 Å². The summed E-state index contributed by atoms with van der Waals surface area (Å²) >= 11 is 1.97. The molecule has 0 spiro atoms. The van der Waals surface area contributed by atoms with Crippen molar-refractivity contribution in [3.63, 3.8) is 0 Å². The number of thioether (sulfide) groups is 1. The molecule has 1 heterocycles. The minimum absolute atomic E-state index is 0.376. The second-order valence-electron chi connectivity index (χ2n) is 6.58. The van der Waals surface area contributed by atoms with Crippen LogP contribution in [0.15, 0.2) is 0 Å². The Balaban J connectivity index is 2.26. The number of hydrogen-bond donors (Lipinski definition) is 1. The number of unbranched alkanes of at least 4 members (excludes halogenated alkanes) is 2. The summed E-state index contributed by atoms with van der Waals surface area (Å²) < 4.78 is 0. The highest BCUT2D eigenvalue weighted by atomic mass is 32.2. The largest absolute Gasteiger partial charge is 0.312 e. The van der Waals surface area contributed by atoms with Gasteiger partial charge in [-0.15, -0.1) is 0 Å².